The molecule has 0 aliphatic heterocycles. The molecule has 0 atom stereocenters. The molecule has 9 heteroatoms. The summed E-state index contributed by atoms with van der Waals surface area (Å²) >= 11 is 0. The molecule has 0 aromatic heterocycles. The number of carbonyl (C=O) groups is 2. The Bertz CT molecular complexity index is 1290. The number of nitrogens with one attached hydrogen (secondary N) is 3. The molecule has 3 rings (SSSR count). The maximum atomic E-state index is 13.6. The average molecular weight is 482 g/mol. The Morgan fingerprint density at radius 2 is 1.44 bits per heavy atom. The van der Waals surface area contributed by atoms with Gasteiger partial charge in [0.15, 0.2) is 0 Å². The van der Waals surface area contributed by atoms with Crippen LogP contribution in [0.25, 0.3) is 6.08 Å². The summed E-state index contributed by atoms with van der Waals surface area (Å²) in [5, 5.41) is 6.33. The number of hydrogen-bond acceptors (Lipinski definition) is 4. The Hall–Kier alpha value is -3.98. The van der Waals surface area contributed by atoms with Gasteiger partial charge in [0.1, 0.15) is 5.82 Å². The highest BCUT2D eigenvalue weighted by atomic mass is 32.2. The lowest BCUT2D eigenvalue weighted by Crippen LogP contribution is -2.34. The molecule has 0 bridgehead atoms. The first-order valence-corrected chi connectivity index (χ1v) is 12.0. The van der Waals surface area contributed by atoms with E-state index < -0.39 is 21.7 Å². The van der Waals surface area contributed by atoms with Crippen LogP contribution >= 0.6 is 0 Å². The quantitative estimate of drug-likeness (QED) is 0.405. The van der Waals surface area contributed by atoms with Crippen molar-refractivity contribution in [2.75, 3.05) is 17.8 Å². The molecule has 0 unspecified atom stereocenters. The van der Waals surface area contributed by atoms with Crippen LogP contribution in [0.2, 0.25) is 0 Å². The molecule has 0 aliphatic carbocycles. The monoisotopic (exact) mass is 481 g/mol. The molecule has 7 nitrogen and oxygen atoms in total. The number of rotatable bonds is 9. The molecular formula is C25H24FN3O4S. The molecule has 3 aromatic carbocycles. The predicted molar refractivity (Wildman–Crippen MR) is 130 cm³/mol. The minimum atomic E-state index is -3.71. The lowest BCUT2D eigenvalue weighted by Gasteiger charge is -2.09. The summed E-state index contributed by atoms with van der Waals surface area (Å²) in [5.41, 5.74) is 2.04. The van der Waals surface area contributed by atoms with Crippen molar-refractivity contribution in [1.29, 1.82) is 0 Å². The van der Waals surface area contributed by atoms with Gasteiger partial charge in [-0.05, 0) is 60.5 Å². The van der Waals surface area contributed by atoms with Crippen molar-refractivity contribution in [2.24, 2.45) is 0 Å². The average Bonchev–Trinajstić information content (AvgIpc) is 2.83. The highest BCUT2D eigenvalue weighted by Crippen LogP contribution is 2.13. The van der Waals surface area contributed by atoms with Gasteiger partial charge in [0.25, 0.3) is 21.8 Å². The van der Waals surface area contributed by atoms with Gasteiger partial charge in [-0.2, -0.15) is 0 Å². The number of hydrogen-bond donors (Lipinski definition) is 3. The van der Waals surface area contributed by atoms with Gasteiger partial charge in [-0.3, -0.25) is 14.3 Å². The second-order valence-electron chi connectivity index (χ2n) is 7.41. The number of amides is 2. The van der Waals surface area contributed by atoms with Gasteiger partial charge in [-0.25, -0.2) is 12.8 Å². The van der Waals surface area contributed by atoms with E-state index in [9.17, 15) is 22.4 Å². The van der Waals surface area contributed by atoms with Crippen molar-refractivity contribution in [3.05, 3.63) is 106 Å². The van der Waals surface area contributed by atoms with Gasteiger partial charge >= 0.3 is 0 Å². The molecule has 34 heavy (non-hydrogen) atoms. The molecule has 0 saturated heterocycles. The maximum Gasteiger partial charge on any atom is 0.255 e. The molecule has 0 saturated carbocycles. The second kappa shape index (κ2) is 11.2. The number of sulfonamides is 1. The molecule has 3 aromatic rings. The summed E-state index contributed by atoms with van der Waals surface area (Å²) in [4.78, 5) is 24.3. The first-order chi connectivity index (χ1) is 16.2. The molecule has 0 heterocycles. The van der Waals surface area contributed by atoms with Crippen LogP contribution in [0.15, 0.2) is 78.2 Å². The van der Waals surface area contributed by atoms with Crippen LogP contribution < -0.4 is 15.4 Å². The van der Waals surface area contributed by atoms with Crippen molar-refractivity contribution >= 4 is 33.6 Å². The first-order valence-electron chi connectivity index (χ1n) is 10.4. The molecule has 0 spiro atoms. The molecular weight excluding hydrogens is 457 g/mol. The topological polar surface area (TPSA) is 104 Å². The number of halogens is 1. The van der Waals surface area contributed by atoms with E-state index in [0.29, 0.717) is 16.8 Å². The maximum absolute atomic E-state index is 13.6. The highest BCUT2D eigenvalue weighted by molar-refractivity contribution is 7.95. The van der Waals surface area contributed by atoms with Crippen molar-refractivity contribution < 1.29 is 22.4 Å². The van der Waals surface area contributed by atoms with E-state index in [2.05, 4.69) is 15.4 Å². The highest BCUT2D eigenvalue weighted by Gasteiger charge is 2.10. The zero-order chi connectivity index (χ0) is 24.6. The van der Waals surface area contributed by atoms with Crippen LogP contribution in [0.1, 0.15) is 31.8 Å². The summed E-state index contributed by atoms with van der Waals surface area (Å²) in [6.07, 6.45) is 1.48. The van der Waals surface area contributed by atoms with Crippen LogP contribution in [0.5, 0.6) is 0 Å². The third-order valence-corrected chi connectivity index (χ3v) is 5.79. The van der Waals surface area contributed by atoms with Gasteiger partial charge in [0, 0.05) is 29.9 Å². The van der Waals surface area contributed by atoms with Crippen molar-refractivity contribution in [1.82, 2.24) is 10.6 Å². The van der Waals surface area contributed by atoms with E-state index >= 15 is 0 Å². The zero-order valence-electron chi connectivity index (χ0n) is 18.4. The fourth-order valence-corrected chi connectivity index (χ4v) is 3.78. The van der Waals surface area contributed by atoms with Gasteiger partial charge in [0.05, 0.1) is 5.41 Å². The van der Waals surface area contributed by atoms with E-state index in [1.54, 1.807) is 19.1 Å². The molecule has 2 amide bonds. The van der Waals surface area contributed by atoms with Gasteiger partial charge in [-0.15, -0.1) is 0 Å². The Balaban J connectivity index is 1.46. The molecule has 176 valence electrons. The number of benzene rings is 3. The first kappa shape index (κ1) is 24.7. The summed E-state index contributed by atoms with van der Waals surface area (Å²) in [6, 6.07) is 19.2. The van der Waals surface area contributed by atoms with E-state index in [0.717, 1.165) is 17.0 Å². The summed E-state index contributed by atoms with van der Waals surface area (Å²) < 4.78 is 40.4. The Kier molecular flexibility index (Phi) is 8.15. The van der Waals surface area contributed by atoms with E-state index in [1.165, 1.54) is 42.5 Å². The van der Waals surface area contributed by atoms with E-state index in [-0.39, 0.29) is 24.6 Å². The number of anilines is 1. The van der Waals surface area contributed by atoms with Crippen molar-refractivity contribution in [3.8, 4) is 0 Å². The SMILES string of the molecule is Cc1ccc(C(=O)NCCNC(=O)c2ccc(NS(=O)(=O)/C=C/c3ccccc3)cc2)cc1F. The third kappa shape index (κ3) is 7.28. The van der Waals surface area contributed by atoms with Crippen molar-refractivity contribution in [2.45, 2.75) is 6.92 Å². The second-order valence-corrected chi connectivity index (χ2v) is 8.98. The zero-order valence-corrected chi connectivity index (χ0v) is 19.2. The number of carbonyl (C=O) groups excluding carboxylic acids is 2. The smallest absolute Gasteiger partial charge is 0.255 e. The minimum Gasteiger partial charge on any atom is -0.350 e. The van der Waals surface area contributed by atoms with Crippen LogP contribution in [0, 0.1) is 12.7 Å². The lowest BCUT2D eigenvalue weighted by molar-refractivity contribution is 0.0927. The lowest BCUT2D eigenvalue weighted by atomic mass is 10.1. The van der Waals surface area contributed by atoms with Gasteiger partial charge < -0.3 is 10.6 Å². The normalized spacial score (nSPS) is 11.2. The van der Waals surface area contributed by atoms with Crippen molar-refractivity contribution in [3.63, 3.8) is 0 Å². The molecule has 0 radical (unpaired) electrons. The Morgan fingerprint density at radius 1 is 0.853 bits per heavy atom. The van der Waals surface area contributed by atoms with E-state index in [1.807, 2.05) is 18.2 Å². The van der Waals surface area contributed by atoms with Crippen LogP contribution in [0.3, 0.4) is 0 Å². The van der Waals surface area contributed by atoms with Crippen LogP contribution in [-0.2, 0) is 10.0 Å². The predicted octanol–water partition coefficient (Wildman–Crippen LogP) is 3.71. The van der Waals surface area contributed by atoms with Crippen LogP contribution in [0.4, 0.5) is 10.1 Å². The summed E-state index contributed by atoms with van der Waals surface area (Å²) in [7, 11) is -3.71. The van der Waals surface area contributed by atoms with Gasteiger partial charge in [-0.1, -0.05) is 36.4 Å². The summed E-state index contributed by atoms with van der Waals surface area (Å²) in [6.45, 7) is 1.93. The molecule has 0 fully saturated rings. The largest absolute Gasteiger partial charge is 0.350 e. The fraction of sp³-hybridized carbons (Fsp3) is 0.120. The van der Waals surface area contributed by atoms with Crippen LogP contribution in [-0.4, -0.2) is 33.3 Å². The van der Waals surface area contributed by atoms with E-state index in [4.69, 9.17) is 0 Å². The number of aryl methyl sites for hydroxylation is 1. The minimum absolute atomic E-state index is 0.158. The summed E-state index contributed by atoms with van der Waals surface area (Å²) in [5.74, 6) is -1.28. The standard InChI is InChI=1S/C25H24FN3O4S/c1-18-7-8-21(17-23(18)26)25(31)28-15-14-27-24(30)20-9-11-22(12-10-20)29-34(32,33)16-13-19-5-3-2-4-6-19/h2-13,16-17,29H,14-15H2,1H3,(H,27,30)(H,28,31)/b16-13+. The molecule has 0 aliphatic rings. The Labute approximate surface area is 197 Å². The molecule has 3 N–H and O–H groups in total. The fourth-order valence-electron chi connectivity index (χ4n) is 2.91. The third-order valence-electron chi connectivity index (χ3n) is 4.78. The Morgan fingerprint density at radius 3 is 2.06 bits per heavy atom. The van der Waals surface area contributed by atoms with Gasteiger partial charge in [0.2, 0.25) is 0 Å².